The van der Waals surface area contributed by atoms with Crippen LogP contribution in [0.5, 0.6) is 0 Å². The number of nitrogens with zero attached hydrogens (tertiary/aromatic N) is 5. The van der Waals surface area contributed by atoms with Crippen LogP contribution in [0.2, 0.25) is 0 Å². The minimum atomic E-state index is 0.594. The molecule has 5 heteroatoms. The highest BCUT2D eigenvalue weighted by Crippen LogP contribution is 2.43. The monoisotopic (exact) mass is 715 g/mol. The Hall–Kier alpha value is -7.37. The van der Waals surface area contributed by atoms with E-state index in [-0.39, 0.29) is 0 Å². The van der Waals surface area contributed by atoms with Gasteiger partial charge < -0.3 is 4.57 Å². The Bertz CT molecular complexity index is 3430. The summed E-state index contributed by atoms with van der Waals surface area (Å²) in [7, 11) is 0. The third kappa shape index (κ3) is 4.52. The molecule has 0 saturated carbocycles. The number of para-hydroxylation sites is 2. The molecule has 1 aliphatic rings. The lowest BCUT2D eigenvalue weighted by Crippen LogP contribution is -2.08. The van der Waals surface area contributed by atoms with E-state index >= 15 is 0 Å². The Kier molecular flexibility index (Phi) is 6.69. The van der Waals surface area contributed by atoms with E-state index in [0.717, 1.165) is 78.7 Å². The predicted octanol–water partition coefficient (Wildman–Crippen LogP) is 12.7. The second-order valence-electron chi connectivity index (χ2n) is 14.7. The summed E-state index contributed by atoms with van der Waals surface area (Å²) in [6, 6.07) is 58.6. The first kappa shape index (κ1) is 31.0. The van der Waals surface area contributed by atoms with Gasteiger partial charge in [-0.3, -0.25) is 4.57 Å². The van der Waals surface area contributed by atoms with E-state index < -0.39 is 0 Å². The summed E-state index contributed by atoms with van der Waals surface area (Å²) in [5.41, 5.74) is 10.1. The molecule has 0 saturated heterocycles. The van der Waals surface area contributed by atoms with Gasteiger partial charge in [0.25, 0.3) is 0 Å². The maximum atomic E-state index is 5.45. The van der Waals surface area contributed by atoms with E-state index in [2.05, 4.69) is 185 Å². The molecule has 0 N–H and O–H groups in total. The van der Waals surface area contributed by atoms with Gasteiger partial charge >= 0.3 is 0 Å². The van der Waals surface area contributed by atoms with Gasteiger partial charge in [-0.05, 0) is 64.4 Å². The van der Waals surface area contributed by atoms with Crippen molar-refractivity contribution in [3.8, 4) is 34.4 Å². The van der Waals surface area contributed by atoms with Crippen LogP contribution in [0.3, 0.4) is 0 Å². The number of fused-ring (bicyclic) bond motifs is 10. The second-order valence-corrected chi connectivity index (χ2v) is 14.7. The minimum absolute atomic E-state index is 0.594. The van der Waals surface area contributed by atoms with Gasteiger partial charge in [-0.1, -0.05) is 152 Å². The summed E-state index contributed by atoms with van der Waals surface area (Å²) in [6.45, 7) is 0. The van der Waals surface area contributed by atoms with Crippen molar-refractivity contribution < 1.29 is 0 Å². The molecule has 3 heterocycles. The van der Waals surface area contributed by atoms with Crippen LogP contribution in [0, 0.1) is 0 Å². The van der Waals surface area contributed by atoms with Crippen molar-refractivity contribution in [2.24, 2.45) is 0 Å². The van der Waals surface area contributed by atoms with Crippen LogP contribution in [-0.4, -0.2) is 24.1 Å². The first-order chi connectivity index (χ1) is 27.8. The van der Waals surface area contributed by atoms with Crippen LogP contribution in [0.1, 0.15) is 17.5 Å². The van der Waals surface area contributed by atoms with Crippen molar-refractivity contribution >= 4 is 71.2 Å². The van der Waals surface area contributed by atoms with Crippen LogP contribution < -0.4 is 0 Å². The molecule has 11 aromatic rings. The summed E-state index contributed by atoms with van der Waals surface area (Å²) >= 11 is 0. The first-order valence-electron chi connectivity index (χ1n) is 19.3. The van der Waals surface area contributed by atoms with Gasteiger partial charge in [0.2, 0.25) is 5.95 Å². The number of hydrogen-bond donors (Lipinski definition) is 0. The van der Waals surface area contributed by atoms with Crippen LogP contribution in [-0.2, 0) is 6.42 Å². The van der Waals surface area contributed by atoms with E-state index in [4.69, 9.17) is 15.0 Å². The molecule has 0 atom stereocenters. The first-order valence-corrected chi connectivity index (χ1v) is 19.3. The molecule has 262 valence electrons. The van der Waals surface area contributed by atoms with Crippen molar-refractivity contribution in [2.75, 3.05) is 0 Å². The van der Waals surface area contributed by atoms with Crippen molar-refractivity contribution in [2.45, 2.75) is 12.8 Å². The molecule has 8 aromatic carbocycles. The molecule has 0 amide bonds. The van der Waals surface area contributed by atoms with Crippen molar-refractivity contribution in [1.29, 1.82) is 0 Å². The molecule has 0 unspecified atom stereocenters. The van der Waals surface area contributed by atoms with Crippen LogP contribution in [0.4, 0.5) is 0 Å². The third-order valence-electron chi connectivity index (χ3n) is 11.6. The molecule has 56 heavy (non-hydrogen) atoms. The zero-order valence-corrected chi connectivity index (χ0v) is 30.4. The van der Waals surface area contributed by atoms with E-state index in [0.29, 0.717) is 17.6 Å². The van der Waals surface area contributed by atoms with Crippen LogP contribution >= 0.6 is 0 Å². The Morgan fingerprint density at radius 2 is 1.05 bits per heavy atom. The number of benzene rings is 8. The summed E-state index contributed by atoms with van der Waals surface area (Å²) in [5, 5.41) is 9.32. The second kappa shape index (κ2) is 12.1. The molecule has 1 aliphatic carbocycles. The fourth-order valence-electron chi connectivity index (χ4n) is 9.17. The van der Waals surface area contributed by atoms with Gasteiger partial charge in [-0.2, -0.15) is 9.97 Å². The minimum Gasteiger partial charge on any atom is -0.309 e. The smallest absolute Gasteiger partial charge is 0.238 e. The fourth-order valence-corrected chi connectivity index (χ4v) is 9.17. The van der Waals surface area contributed by atoms with Crippen LogP contribution in [0.25, 0.3) is 106 Å². The maximum absolute atomic E-state index is 5.45. The van der Waals surface area contributed by atoms with Gasteiger partial charge in [0, 0.05) is 38.1 Å². The average molecular weight is 716 g/mol. The number of allylic oxidation sites excluding steroid dienone is 1. The largest absolute Gasteiger partial charge is 0.309 e. The average Bonchev–Trinajstić information content (AvgIpc) is 3.78. The SMILES string of the molecule is C1=Cc2c(cccc2-c2nc(-c3cccc4ccccc34)nc(-n3c4ccccc4c4ccc5c(c6ccccc6n5-c5cccc6ccccc56)c43)n2)CC1. The Balaban J connectivity index is 1.23. The lowest BCUT2D eigenvalue weighted by atomic mass is 9.93. The molecule has 0 aliphatic heterocycles. The fraction of sp³-hybridized carbons (Fsp3) is 0.0392. The Labute approximate surface area is 322 Å². The van der Waals surface area contributed by atoms with Crippen molar-refractivity contribution in [3.63, 3.8) is 0 Å². The molecule has 0 radical (unpaired) electrons. The summed E-state index contributed by atoms with van der Waals surface area (Å²) in [6.07, 6.45) is 6.53. The van der Waals surface area contributed by atoms with Gasteiger partial charge in [-0.15, -0.1) is 0 Å². The highest BCUT2D eigenvalue weighted by atomic mass is 15.2. The molecule has 0 bridgehead atoms. The molecular weight excluding hydrogens is 683 g/mol. The van der Waals surface area contributed by atoms with Gasteiger partial charge in [-0.25, -0.2) is 4.98 Å². The highest BCUT2D eigenvalue weighted by Gasteiger charge is 2.24. The maximum Gasteiger partial charge on any atom is 0.238 e. The van der Waals surface area contributed by atoms with E-state index in [1.807, 2.05) is 0 Å². The number of hydrogen-bond acceptors (Lipinski definition) is 3. The topological polar surface area (TPSA) is 48.5 Å². The molecule has 5 nitrogen and oxygen atoms in total. The Morgan fingerprint density at radius 3 is 1.89 bits per heavy atom. The van der Waals surface area contributed by atoms with E-state index in [1.165, 1.54) is 27.3 Å². The lowest BCUT2D eigenvalue weighted by Gasteiger charge is -2.16. The predicted molar refractivity (Wildman–Crippen MR) is 232 cm³/mol. The number of rotatable bonds is 4. The number of aromatic nitrogens is 5. The normalized spacial score (nSPS) is 12.8. The van der Waals surface area contributed by atoms with Crippen molar-refractivity contribution in [1.82, 2.24) is 24.1 Å². The summed E-state index contributed by atoms with van der Waals surface area (Å²) in [4.78, 5) is 16.2. The van der Waals surface area contributed by atoms with Gasteiger partial charge in [0.1, 0.15) is 0 Å². The van der Waals surface area contributed by atoms with Gasteiger partial charge in [0.15, 0.2) is 11.6 Å². The quantitative estimate of drug-likeness (QED) is 0.182. The van der Waals surface area contributed by atoms with Crippen LogP contribution in [0.15, 0.2) is 170 Å². The lowest BCUT2D eigenvalue weighted by molar-refractivity contribution is 0.951. The summed E-state index contributed by atoms with van der Waals surface area (Å²) in [5.74, 6) is 1.91. The molecule has 0 spiro atoms. The van der Waals surface area contributed by atoms with Crippen molar-refractivity contribution in [3.05, 3.63) is 181 Å². The van der Waals surface area contributed by atoms with E-state index in [9.17, 15) is 0 Å². The standard InChI is InChI=1S/C51H33N5/c1-4-20-35-32(14-1)17-11-25-40(35)49-52-50(41-26-12-18-33-15-2-5-21-36(33)41)54-51(53-49)56-44-27-9-7-23-38(44)39-30-31-46-47(48(39)56)42-24-8-10-28-45(42)55(46)43-29-13-19-34-16-3-6-22-37(34)43/h1,3-14,16-31H,2,15H2. The number of aryl methyl sites for hydroxylation is 1. The van der Waals surface area contributed by atoms with E-state index in [1.54, 1.807) is 0 Å². The summed E-state index contributed by atoms with van der Waals surface area (Å²) < 4.78 is 4.72. The molecular formula is C51H33N5. The highest BCUT2D eigenvalue weighted by molar-refractivity contribution is 6.26. The van der Waals surface area contributed by atoms with Gasteiger partial charge in [0.05, 0.1) is 27.8 Å². The Morgan fingerprint density at radius 1 is 0.429 bits per heavy atom. The molecule has 12 rings (SSSR count). The zero-order valence-electron chi connectivity index (χ0n) is 30.4. The molecule has 0 fully saturated rings. The molecule has 3 aromatic heterocycles. The zero-order chi connectivity index (χ0) is 36.7. The third-order valence-corrected chi connectivity index (χ3v) is 11.6.